The summed E-state index contributed by atoms with van der Waals surface area (Å²) in [6.07, 6.45) is 1.07. The highest BCUT2D eigenvalue weighted by Gasteiger charge is 2.22. The molecule has 1 rings (SSSR count). The van der Waals surface area contributed by atoms with Crippen LogP contribution in [0.4, 0.5) is 5.82 Å². The molecular weight excluding hydrogens is 236 g/mol. The molecule has 96 valence electrons. The van der Waals surface area contributed by atoms with Crippen LogP contribution in [0.25, 0.3) is 0 Å². The molecule has 0 atom stereocenters. The zero-order valence-corrected chi connectivity index (χ0v) is 11.7. The number of hydrogen-bond acceptors (Lipinski definition) is 4. The summed E-state index contributed by atoms with van der Waals surface area (Å²) in [6, 6.07) is 3.57. The smallest absolute Gasteiger partial charge is 0.140 e. The maximum Gasteiger partial charge on any atom is 0.140 e. The quantitative estimate of drug-likeness (QED) is 0.628. The lowest BCUT2D eigenvalue weighted by Gasteiger charge is -2.34. The Bertz CT molecular complexity index is 379. The zero-order valence-electron chi connectivity index (χ0n) is 10.9. The lowest BCUT2D eigenvalue weighted by atomic mass is 10.00. The van der Waals surface area contributed by atoms with E-state index in [2.05, 4.69) is 43.1 Å². The summed E-state index contributed by atoms with van der Waals surface area (Å²) in [4.78, 5) is 6.61. The summed E-state index contributed by atoms with van der Waals surface area (Å²) in [5, 5.41) is 0.669. The van der Waals surface area contributed by atoms with Crippen LogP contribution < -0.4 is 11.3 Å². The van der Waals surface area contributed by atoms with Gasteiger partial charge in [-0.1, -0.05) is 18.5 Å². The molecule has 0 bridgehead atoms. The number of hydrazine groups is 1. The van der Waals surface area contributed by atoms with E-state index in [4.69, 9.17) is 17.4 Å². The summed E-state index contributed by atoms with van der Waals surface area (Å²) >= 11 is 6.13. The molecule has 0 fully saturated rings. The molecule has 1 aromatic heterocycles. The van der Waals surface area contributed by atoms with Crippen LogP contribution in [-0.4, -0.2) is 22.5 Å². The van der Waals surface area contributed by atoms with Crippen LogP contribution in [0.2, 0.25) is 5.02 Å². The van der Waals surface area contributed by atoms with Crippen LogP contribution in [0.3, 0.4) is 0 Å². The first-order valence-corrected chi connectivity index (χ1v) is 6.11. The van der Waals surface area contributed by atoms with Crippen molar-refractivity contribution in [2.45, 2.75) is 39.3 Å². The summed E-state index contributed by atoms with van der Waals surface area (Å²) in [5.74, 6) is 5.97. The van der Waals surface area contributed by atoms with E-state index >= 15 is 0 Å². The number of rotatable bonds is 5. The van der Waals surface area contributed by atoms with E-state index in [1.165, 1.54) is 0 Å². The second-order valence-corrected chi connectivity index (χ2v) is 5.20. The molecule has 0 unspecified atom stereocenters. The maximum atomic E-state index is 6.13. The Hall–Kier alpha value is -0.840. The SMILES string of the molecule is CCC(C)(C)N(C)Cc1nc(NN)ccc1Cl. The molecule has 0 spiro atoms. The normalized spacial score (nSPS) is 11.9. The molecular formula is C12H21ClN4. The highest BCUT2D eigenvalue weighted by Crippen LogP contribution is 2.23. The Labute approximate surface area is 108 Å². The molecule has 17 heavy (non-hydrogen) atoms. The van der Waals surface area contributed by atoms with Crippen molar-refractivity contribution in [1.82, 2.24) is 9.88 Å². The predicted molar refractivity (Wildman–Crippen MR) is 72.9 cm³/mol. The molecule has 1 heterocycles. The average molecular weight is 257 g/mol. The van der Waals surface area contributed by atoms with Gasteiger partial charge in [0.15, 0.2) is 0 Å². The molecule has 4 nitrogen and oxygen atoms in total. The number of halogens is 1. The number of nitrogen functional groups attached to an aromatic ring is 1. The van der Waals surface area contributed by atoms with E-state index in [1.807, 2.05) is 6.07 Å². The zero-order chi connectivity index (χ0) is 13.1. The van der Waals surface area contributed by atoms with Crippen LogP contribution in [0.15, 0.2) is 12.1 Å². The van der Waals surface area contributed by atoms with Crippen molar-refractivity contribution < 1.29 is 0 Å². The standard InChI is InChI=1S/C12H21ClN4/c1-5-12(2,3)17(4)8-10-9(13)6-7-11(15-10)16-14/h6-7H,5,8,14H2,1-4H3,(H,15,16). The van der Waals surface area contributed by atoms with Gasteiger partial charge in [-0.15, -0.1) is 0 Å². The Balaban J connectivity index is 2.87. The van der Waals surface area contributed by atoms with Crippen LogP contribution in [0.5, 0.6) is 0 Å². The van der Waals surface area contributed by atoms with Gasteiger partial charge >= 0.3 is 0 Å². The first-order chi connectivity index (χ1) is 7.90. The first-order valence-electron chi connectivity index (χ1n) is 5.74. The Morgan fingerprint density at radius 1 is 1.47 bits per heavy atom. The van der Waals surface area contributed by atoms with E-state index in [9.17, 15) is 0 Å². The minimum atomic E-state index is 0.122. The second kappa shape index (κ2) is 5.67. The number of aromatic nitrogens is 1. The lowest BCUT2D eigenvalue weighted by molar-refractivity contribution is 0.141. The minimum Gasteiger partial charge on any atom is -0.308 e. The third-order valence-corrected chi connectivity index (χ3v) is 3.70. The number of nitrogens with two attached hydrogens (primary N) is 1. The highest BCUT2D eigenvalue weighted by molar-refractivity contribution is 6.31. The fraction of sp³-hybridized carbons (Fsp3) is 0.583. The minimum absolute atomic E-state index is 0.122. The molecule has 3 N–H and O–H groups in total. The van der Waals surface area contributed by atoms with Gasteiger partial charge in [0.05, 0.1) is 10.7 Å². The van der Waals surface area contributed by atoms with E-state index in [1.54, 1.807) is 6.07 Å². The van der Waals surface area contributed by atoms with Crippen LogP contribution in [-0.2, 0) is 6.54 Å². The van der Waals surface area contributed by atoms with E-state index < -0.39 is 0 Å². The van der Waals surface area contributed by atoms with E-state index in [-0.39, 0.29) is 5.54 Å². The monoisotopic (exact) mass is 256 g/mol. The second-order valence-electron chi connectivity index (χ2n) is 4.79. The fourth-order valence-corrected chi connectivity index (χ4v) is 1.55. The topological polar surface area (TPSA) is 54.2 Å². The Morgan fingerprint density at radius 2 is 2.12 bits per heavy atom. The summed E-state index contributed by atoms with van der Waals surface area (Å²) in [6.45, 7) is 7.27. The molecule has 0 saturated carbocycles. The van der Waals surface area contributed by atoms with Crippen molar-refractivity contribution >= 4 is 17.4 Å². The molecule has 0 amide bonds. The summed E-state index contributed by atoms with van der Waals surface area (Å²) in [7, 11) is 2.07. The molecule has 0 radical (unpaired) electrons. The van der Waals surface area contributed by atoms with E-state index in [0.717, 1.165) is 12.1 Å². The van der Waals surface area contributed by atoms with Gasteiger partial charge in [-0.05, 0) is 39.4 Å². The van der Waals surface area contributed by atoms with Gasteiger partial charge in [-0.25, -0.2) is 10.8 Å². The Morgan fingerprint density at radius 3 is 2.65 bits per heavy atom. The predicted octanol–water partition coefficient (Wildman–Crippen LogP) is 2.64. The number of pyridine rings is 1. The van der Waals surface area contributed by atoms with Crippen molar-refractivity contribution in [2.24, 2.45) is 5.84 Å². The molecule has 0 aromatic carbocycles. The summed E-state index contributed by atoms with van der Waals surface area (Å²) < 4.78 is 0. The molecule has 0 aliphatic carbocycles. The first kappa shape index (κ1) is 14.2. The number of hydrogen-bond donors (Lipinski definition) is 2. The van der Waals surface area contributed by atoms with Crippen molar-refractivity contribution in [2.75, 3.05) is 12.5 Å². The van der Waals surface area contributed by atoms with Gasteiger partial charge in [-0.3, -0.25) is 4.90 Å². The van der Waals surface area contributed by atoms with Crippen LogP contribution >= 0.6 is 11.6 Å². The average Bonchev–Trinajstić information content (AvgIpc) is 2.31. The van der Waals surface area contributed by atoms with Gasteiger partial charge in [0.2, 0.25) is 0 Å². The molecule has 0 aliphatic heterocycles. The maximum absolute atomic E-state index is 6.13. The van der Waals surface area contributed by atoms with Crippen molar-refractivity contribution in [3.05, 3.63) is 22.8 Å². The van der Waals surface area contributed by atoms with Crippen molar-refractivity contribution in [3.8, 4) is 0 Å². The largest absolute Gasteiger partial charge is 0.308 e. The Kier molecular flexibility index (Phi) is 4.74. The highest BCUT2D eigenvalue weighted by atomic mass is 35.5. The van der Waals surface area contributed by atoms with Gasteiger partial charge in [0, 0.05) is 12.1 Å². The van der Waals surface area contributed by atoms with Crippen LogP contribution in [0.1, 0.15) is 32.9 Å². The van der Waals surface area contributed by atoms with Gasteiger partial charge in [-0.2, -0.15) is 0 Å². The number of nitrogens with zero attached hydrogens (tertiary/aromatic N) is 2. The summed E-state index contributed by atoms with van der Waals surface area (Å²) in [5.41, 5.74) is 3.49. The van der Waals surface area contributed by atoms with Crippen LogP contribution in [0, 0.1) is 0 Å². The third kappa shape index (κ3) is 3.56. The van der Waals surface area contributed by atoms with E-state index in [0.29, 0.717) is 17.4 Å². The molecule has 5 heteroatoms. The lowest BCUT2D eigenvalue weighted by Crippen LogP contribution is -2.40. The molecule has 0 aliphatic rings. The number of anilines is 1. The number of nitrogens with one attached hydrogen (secondary N) is 1. The third-order valence-electron chi connectivity index (χ3n) is 3.35. The van der Waals surface area contributed by atoms with Gasteiger partial charge in [0.1, 0.15) is 5.82 Å². The fourth-order valence-electron chi connectivity index (χ4n) is 1.38. The van der Waals surface area contributed by atoms with Gasteiger partial charge in [0.25, 0.3) is 0 Å². The van der Waals surface area contributed by atoms with Crippen molar-refractivity contribution in [3.63, 3.8) is 0 Å². The van der Waals surface area contributed by atoms with Gasteiger partial charge < -0.3 is 5.43 Å². The van der Waals surface area contributed by atoms with Crippen molar-refractivity contribution in [1.29, 1.82) is 0 Å². The molecule has 0 saturated heterocycles. The molecule has 1 aromatic rings.